The number of nitrogens with zero attached hydrogens (tertiary/aromatic N) is 1. The number of hydrogen-bond donors (Lipinski definition) is 4. The number of hydrogen-bond acceptors (Lipinski definition) is 4. The number of rotatable bonds is 7. The molecule has 0 radical (unpaired) electrons. The average Bonchev–Trinajstić information content (AvgIpc) is 2.77. The molecular weight excluding hydrogens is 458 g/mol. The Bertz CT molecular complexity index is 1260. The van der Waals surface area contributed by atoms with Crippen molar-refractivity contribution in [3.63, 3.8) is 0 Å². The summed E-state index contributed by atoms with van der Waals surface area (Å²) in [6.07, 6.45) is 1.13. The lowest BCUT2D eigenvalue weighted by atomic mass is 10.0. The molecule has 0 saturated carbocycles. The molecule has 0 bridgehead atoms. The summed E-state index contributed by atoms with van der Waals surface area (Å²) in [4.78, 5) is 37.2. The number of aryl methyl sites for hydroxylation is 3. The molecule has 0 aliphatic rings. The molecule has 9 heteroatoms. The van der Waals surface area contributed by atoms with Gasteiger partial charge in [0.25, 0.3) is 5.56 Å². The highest BCUT2D eigenvalue weighted by molar-refractivity contribution is 6.31. The van der Waals surface area contributed by atoms with Gasteiger partial charge in [0.05, 0.1) is 19.0 Å². The number of aliphatic carboxylic acids is 1. The van der Waals surface area contributed by atoms with Crippen molar-refractivity contribution in [1.29, 1.82) is 0 Å². The van der Waals surface area contributed by atoms with Gasteiger partial charge >= 0.3 is 12.0 Å². The molecule has 0 saturated heterocycles. The monoisotopic (exact) mass is 483 g/mol. The number of anilines is 1. The number of aromatic hydroxyl groups is 1. The van der Waals surface area contributed by atoms with Crippen LogP contribution in [-0.2, 0) is 11.3 Å². The van der Waals surface area contributed by atoms with Crippen LogP contribution in [0.3, 0.4) is 0 Å². The number of aromatic nitrogens is 1. The molecular formula is C25H26ClN3O5. The van der Waals surface area contributed by atoms with Gasteiger partial charge in [-0.3, -0.25) is 9.59 Å². The molecule has 0 aliphatic heterocycles. The maximum Gasteiger partial charge on any atom is 0.319 e. The first kappa shape index (κ1) is 24.9. The van der Waals surface area contributed by atoms with E-state index in [4.69, 9.17) is 11.6 Å². The summed E-state index contributed by atoms with van der Waals surface area (Å²) >= 11 is 6.30. The third-order valence-corrected chi connectivity index (χ3v) is 5.87. The van der Waals surface area contributed by atoms with Gasteiger partial charge in [-0.1, -0.05) is 53.6 Å². The number of nitrogens with one attached hydrogen (secondary N) is 2. The van der Waals surface area contributed by atoms with Crippen LogP contribution in [0.15, 0.2) is 53.5 Å². The van der Waals surface area contributed by atoms with Crippen LogP contribution >= 0.6 is 11.6 Å². The van der Waals surface area contributed by atoms with Crippen LogP contribution in [0.25, 0.3) is 0 Å². The zero-order chi connectivity index (χ0) is 25.0. The quantitative estimate of drug-likeness (QED) is 0.394. The second-order valence-electron chi connectivity index (χ2n) is 8.16. The van der Waals surface area contributed by atoms with Gasteiger partial charge < -0.3 is 25.4 Å². The lowest BCUT2D eigenvalue weighted by Gasteiger charge is -2.19. The second-order valence-corrected chi connectivity index (χ2v) is 8.57. The summed E-state index contributed by atoms with van der Waals surface area (Å²) in [5, 5.41) is 25.2. The smallest absolute Gasteiger partial charge is 0.319 e. The first-order valence-corrected chi connectivity index (χ1v) is 11.0. The van der Waals surface area contributed by atoms with E-state index in [1.54, 1.807) is 25.1 Å². The Hall–Kier alpha value is -3.78. The second kappa shape index (κ2) is 10.4. The predicted octanol–water partition coefficient (Wildman–Crippen LogP) is 4.52. The lowest BCUT2D eigenvalue weighted by Crippen LogP contribution is -2.36. The average molecular weight is 484 g/mol. The molecule has 3 rings (SSSR count). The highest BCUT2D eigenvalue weighted by Crippen LogP contribution is 2.26. The van der Waals surface area contributed by atoms with E-state index in [0.29, 0.717) is 16.1 Å². The first-order chi connectivity index (χ1) is 16.1. The van der Waals surface area contributed by atoms with E-state index in [1.165, 1.54) is 10.8 Å². The maximum atomic E-state index is 13.1. The third-order valence-electron chi connectivity index (χ3n) is 5.52. The minimum atomic E-state index is -1.10. The summed E-state index contributed by atoms with van der Waals surface area (Å²) in [5.41, 5.74) is 2.67. The molecule has 2 aromatic carbocycles. The van der Waals surface area contributed by atoms with E-state index < -0.39 is 23.6 Å². The Labute approximate surface area is 201 Å². The zero-order valence-corrected chi connectivity index (χ0v) is 19.8. The third kappa shape index (κ3) is 5.77. The minimum Gasteiger partial charge on any atom is -0.505 e. The Kier molecular flexibility index (Phi) is 7.63. The molecule has 1 aromatic heterocycles. The SMILES string of the molecule is Cc1ccc([C@H](CC(=O)O)NC(=O)Nc2c(O)c(C)cn(Cc3c(C)cccc3Cl)c2=O)cc1. The molecule has 0 spiro atoms. The minimum absolute atomic E-state index is 0.146. The van der Waals surface area contributed by atoms with Crippen LogP contribution in [0.4, 0.5) is 10.5 Å². The highest BCUT2D eigenvalue weighted by atomic mass is 35.5. The number of amides is 2. The Balaban J connectivity index is 1.89. The lowest BCUT2D eigenvalue weighted by molar-refractivity contribution is -0.137. The summed E-state index contributed by atoms with van der Waals surface area (Å²) in [5.74, 6) is -1.46. The van der Waals surface area contributed by atoms with E-state index in [-0.39, 0.29) is 24.4 Å². The van der Waals surface area contributed by atoms with Crippen molar-refractivity contribution >= 4 is 29.3 Å². The fourth-order valence-corrected chi connectivity index (χ4v) is 3.88. The molecule has 2 amide bonds. The predicted molar refractivity (Wildman–Crippen MR) is 131 cm³/mol. The van der Waals surface area contributed by atoms with Gasteiger partial charge in [-0.15, -0.1) is 0 Å². The van der Waals surface area contributed by atoms with Gasteiger partial charge in [-0.2, -0.15) is 0 Å². The molecule has 1 heterocycles. The van der Waals surface area contributed by atoms with Crippen LogP contribution in [0.5, 0.6) is 5.75 Å². The fourth-order valence-electron chi connectivity index (χ4n) is 3.60. The van der Waals surface area contributed by atoms with E-state index in [0.717, 1.165) is 16.7 Å². The van der Waals surface area contributed by atoms with Gasteiger partial charge in [0, 0.05) is 16.8 Å². The highest BCUT2D eigenvalue weighted by Gasteiger charge is 2.21. The standard InChI is InChI=1S/C25H26ClN3O5/c1-14-7-9-17(10-8-14)20(11-21(30)31)27-25(34)28-22-23(32)16(3)12-29(24(22)33)13-18-15(2)5-4-6-19(18)26/h4-10,12,20,32H,11,13H2,1-3H3,(H,30,31)(H2,27,28,34)/t20-/m0/s1. The van der Waals surface area contributed by atoms with Gasteiger partial charge in [-0.25, -0.2) is 4.79 Å². The van der Waals surface area contributed by atoms with Crippen LogP contribution in [-0.4, -0.2) is 26.8 Å². The van der Waals surface area contributed by atoms with Gasteiger partial charge in [0.1, 0.15) is 5.75 Å². The maximum absolute atomic E-state index is 13.1. The van der Waals surface area contributed by atoms with E-state index in [9.17, 15) is 24.6 Å². The van der Waals surface area contributed by atoms with Crippen LogP contribution in [0, 0.1) is 20.8 Å². The van der Waals surface area contributed by atoms with Crippen molar-refractivity contribution in [2.45, 2.75) is 39.8 Å². The number of carboxylic acids is 1. The molecule has 0 unspecified atom stereocenters. The largest absolute Gasteiger partial charge is 0.505 e. The van der Waals surface area contributed by atoms with Crippen molar-refractivity contribution in [3.8, 4) is 5.75 Å². The van der Waals surface area contributed by atoms with Gasteiger partial charge in [0.2, 0.25) is 0 Å². The van der Waals surface area contributed by atoms with Gasteiger partial charge in [-0.05, 0) is 43.5 Å². The number of carbonyl (C=O) groups excluding carboxylic acids is 1. The molecule has 178 valence electrons. The van der Waals surface area contributed by atoms with Crippen molar-refractivity contribution in [2.75, 3.05) is 5.32 Å². The summed E-state index contributed by atoms with van der Waals surface area (Å²) in [6.45, 7) is 5.52. The number of benzene rings is 2. The van der Waals surface area contributed by atoms with Crippen molar-refractivity contribution < 1.29 is 19.8 Å². The molecule has 4 N–H and O–H groups in total. The van der Waals surface area contributed by atoms with Crippen LogP contribution in [0.1, 0.15) is 40.3 Å². The number of pyridine rings is 1. The molecule has 3 aromatic rings. The van der Waals surface area contributed by atoms with Crippen LogP contribution in [0.2, 0.25) is 5.02 Å². The topological polar surface area (TPSA) is 121 Å². The van der Waals surface area contributed by atoms with Crippen molar-refractivity contribution in [3.05, 3.63) is 91.9 Å². The molecule has 0 aliphatic carbocycles. The molecule has 8 nitrogen and oxygen atoms in total. The number of halogens is 1. The zero-order valence-electron chi connectivity index (χ0n) is 19.1. The number of carboxylic acid groups (broad SMARTS) is 1. The Morgan fingerprint density at radius 3 is 2.35 bits per heavy atom. The summed E-state index contributed by atoms with van der Waals surface area (Å²) < 4.78 is 1.35. The molecule has 0 fully saturated rings. The molecule has 34 heavy (non-hydrogen) atoms. The van der Waals surface area contributed by atoms with Gasteiger partial charge in [0.15, 0.2) is 5.69 Å². The first-order valence-electron chi connectivity index (χ1n) is 10.6. The normalized spacial score (nSPS) is 11.6. The summed E-state index contributed by atoms with van der Waals surface area (Å²) in [7, 11) is 0. The van der Waals surface area contributed by atoms with E-state index in [1.807, 2.05) is 38.1 Å². The molecule has 1 atom stereocenters. The Morgan fingerprint density at radius 1 is 1.06 bits per heavy atom. The summed E-state index contributed by atoms with van der Waals surface area (Å²) in [6, 6.07) is 10.8. The number of carbonyl (C=O) groups is 2. The van der Waals surface area contributed by atoms with Crippen molar-refractivity contribution in [1.82, 2.24) is 9.88 Å². The van der Waals surface area contributed by atoms with E-state index >= 15 is 0 Å². The number of urea groups is 1. The van der Waals surface area contributed by atoms with E-state index in [2.05, 4.69) is 10.6 Å². The van der Waals surface area contributed by atoms with Crippen molar-refractivity contribution in [2.24, 2.45) is 0 Å². The Morgan fingerprint density at radius 2 is 1.74 bits per heavy atom. The fraction of sp³-hybridized carbons (Fsp3) is 0.240. The van der Waals surface area contributed by atoms with Crippen LogP contribution < -0.4 is 16.2 Å².